The fourth-order valence-corrected chi connectivity index (χ4v) is 2.52. The number of alkyl halides is 3. The maximum atomic E-state index is 12.7. The van der Waals surface area contributed by atoms with Gasteiger partial charge in [-0.3, -0.25) is 4.79 Å². The number of aryl methyl sites for hydroxylation is 1. The van der Waals surface area contributed by atoms with Crippen molar-refractivity contribution in [3.63, 3.8) is 0 Å². The predicted molar refractivity (Wildman–Crippen MR) is 54.8 cm³/mol. The van der Waals surface area contributed by atoms with Crippen LogP contribution in [0.25, 0.3) is 0 Å². The van der Waals surface area contributed by atoms with Crippen molar-refractivity contribution in [2.75, 3.05) is 6.54 Å². The Morgan fingerprint density at radius 2 is 2.24 bits per heavy atom. The molecule has 1 amide bonds. The van der Waals surface area contributed by atoms with Crippen LogP contribution >= 0.6 is 11.5 Å². The average molecular weight is 265 g/mol. The molecule has 94 valence electrons. The third-order valence-corrected chi connectivity index (χ3v) is 3.55. The van der Waals surface area contributed by atoms with E-state index in [0.29, 0.717) is 12.1 Å². The molecule has 1 aromatic heterocycles. The topological polar surface area (TPSA) is 46.1 Å². The van der Waals surface area contributed by atoms with Crippen LogP contribution in [0.1, 0.15) is 28.2 Å². The van der Waals surface area contributed by atoms with Gasteiger partial charge in [0.05, 0.1) is 5.69 Å². The minimum atomic E-state index is -4.36. The molecule has 0 bridgehead atoms. The summed E-state index contributed by atoms with van der Waals surface area (Å²) in [5.74, 6) is -0.614. The quantitative estimate of drug-likeness (QED) is 0.780. The predicted octanol–water partition coefficient (Wildman–Crippen LogP) is 2.01. The van der Waals surface area contributed by atoms with E-state index in [0.717, 1.165) is 16.4 Å². The molecule has 17 heavy (non-hydrogen) atoms. The van der Waals surface area contributed by atoms with Crippen molar-refractivity contribution in [2.45, 2.75) is 32.0 Å². The number of hydrogen-bond acceptors (Lipinski definition) is 4. The van der Waals surface area contributed by atoms with Gasteiger partial charge < -0.3 is 4.90 Å². The molecule has 0 N–H and O–H groups in total. The maximum Gasteiger partial charge on any atom is 0.408 e. The number of amides is 1. The molecule has 1 saturated heterocycles. The van der Waals surface area contributed by atoms with E-state index in [1.54, 1.807) is 6.92 Å². The van der Waals surface area contributed by atoms with Gasteiger partial charge in [0.1, 0.15) is 10.9 Å². The first-order valence-electron chi connectivity index (χ1n) is 5.08. The Kier molecular flexibility index (Phi) is 3.07. The van der Waals surface area contributed by atoms with Gasteiger partial charge in [0.15, 0.2) is 0 Å². The van der Waals surface area contributed by atoms with Gasteiger partial charge >= 0.3 is 6.18 Å². The monoisotopic (exact) mass is 265 g/mol. The van der Waals surface area contributed by atoms with Gasteiger partial charge in [0, 0.05) is 6.54 Å². The van der Waals surface area contributed by atoms with Crippen LogP contribution < -0.4 is 0 Å². The van der Waals surface area contributed by atoms with Crippen molar-refractivity contribution in [1.29, 1.82) is 0 Å². The lowest BCUT2D eigenvalue weighted by Crippen LogP contribution is -2.44. The summed E-state index contributed by atoms with van der Waals surface area (Å²) in [5, 5.41) is 3.64. The summed E-state index contributed by atoms with van der Waals surface area (Å²) in [6.45, 7) is 1.70. The molecule has 1 aromatic rings. The van der Waals surface area contributed by atoms with E-state index in [-0.39, 0.29) is 17.8 Å². The standard InChI is InChI=1S/C9H10F3N3OS/c1-5-7(17-14-13-5)8(16)15-4-2-3-6(15)9(10,11)12/h6H,2-4H2,1H3. The second-order valence-electron chi connectivity index (χ2n) is 3.89. The lowest BCUT2D eigenvalue weighted by Gasteiger charge is -2.25. The van der Waals surface area contributed by atoms with Crippen LogP contribution in [0.15, 0.2) is 0 Å². The fourth-order valence-electron chi connectivity index (χ4n) is 1.91. The number of carbonyl (C=O) groups is 1. The smallest absolute Gasteiger partial charge is 0.326 e. The summed E-state index contributed by atoms with van der Waals surface area (Å²) >= 11 is 0.837. The molecular weight excluding hydrogens is 255 g/mol. The summed E-state index contributed by atoms with van der Waals surface area (Å²) in [4.78, 5) is 13.0. The van der Waals surface area contributed by atoms with E-state index >= 15 is 0 Å². The Bertz CT molecular complexity index is 431. The molecule has 1 aliphatic rings. The molecule has 0 aromatic carbocycles. The Labute approximate surface area is 99.6 Å². The van der Waals surface area contributed by atoms with Crippen LogP contribution in [0.2, 0.25) is 0 Å². The zero-order valence-corrected chi connectivity index (χ0v) is 9.81. The van der Waals surface area contributed by atoms with Crippen molar-refractivity contribution < 1.29 is 18.0 Å². The van der Waals surface area contributed by atoms with E-state index in [9.17, 15) is 18.0 Å². The molecule has 0 spiro atoms. The molecule has 1 fully saturated rings. The third kappa shape index (κ3) is 2.26. The SMILES string of the molecule is Cc1nnsc1C(=O)N1CCCC1C(F)(F)F. The van der Waals surface area contributed by atoms with Crippen LogP contribution in [0.4, 0.5) is 13.2 Å². The van der Waals surface area contributed by atoms with Crippen LogP contribution in [-0.4, -0.2) is 39.2 Å². The highest BCUT2D eigenvalue weighted by molar-refractivity contribution is 7.07. The van der Waals surface area contributed by atoms with E-state index in [1.807, 2.05) is 0 Å². The molecule has 4 nitrogen and oxygen atoms in total. The highest BCUT2D eigenvalue weighted by Crippen LogP contribution is 2.34. The molecule has 1 atom stereocenters. The molecule has 2 rings (SSSR count). The van der Waals surface area contributed by atoms with Crippen LogP contribution in [-0.2, 0) is 0 Å². The lowest BCUT2D eigenvalue weighted by molar-refractivity contribution is -0.169. The maximum absolute atomic E-state index is 12.7. The number of aromatic nitrogens is 2. The molecular formula is C9H10F3N3OS. The van der Waals surface area contributed by atoms with Crippen LogP contribution in [0.5, 0.6) is 0 Å². The molecule has 1 unspecified atom stereocenters. The van der Waals surface area contributed by atoms with Gasteiger partial charge in [-0.25, -0.2) is 0 Å². The summed E-state index contributed by atoms with van der Waals surface area (Å²) in [6.07, 6.45) is -4.01. The number of hydrogen-bond donors (Lipinski definition) is 0. The summed E-state index contributed by atoms with van der Waals surface area (Å²) in [7, 11) is 0. The van der Waals surface area contributed by atoms with Crippen molar-refractivity contribution in [1.82, 2.24) is 14.5 Å². The van der Waals surface area contributed by atoms with Gasteiger partial charge in [0.2, 0.25) is 0 Å². The summed E-state index contributed by atoms with van der Waals surface area (Å²) in [5.41, 5.74) is 0.382. The first-order valence-corrected chi connectivity index (χ1v) is 5.85. The van der Waals surface area contributed by atoms with Gasteiger partial charge in [-0.2, -0.15) is 13.2 Å². The molecule has 1 aliphatic heterocycles. The fraction of sp³-hybridized carbons (Fsp3) is 0.667. The zero-order chi connectivity index (χ0) is 12.6. The summed E-state index contributed by atoms with van der Waals surface area (Å²) in [6, 6.07) is -1.67. The number of likely N-dealkylation sites (tertiary alicyclic amines) is 1. The lowest BCUT2D eigenvalue weighted by atomic mass is 10.2. The van der Waals surface area contributed by atoms with E-state index in [2.05, 4.69) is 9.59 Å². The first kappa shape index (κ1) is 12.3. The number of nitrogens with zero attached hydrogens (tertiary/aromatic N) is 3. The molecule has 8 heteroatoms. The van der Waals surface area contributed by atoms with Crippen molar-refractivity contribution in [3.05, 3.63) is 10.6 Å². The highest BCUT2D eigenvalue weighted by atomic mass is 32.1. The van der Waals surface area contributed by atoms with E-state index in [1.165, 1.54) is 0 Å². The van der Waals surface area contributed by atoms with Crippen molar-refractivity contribution in [2.24, 2.45) is 0 Å². The molecule has 0 radical (unpaired) electrons. The summed E-state index contributed by atoms with van der Waals surface area (Å²) < 4.78 is 41.6. The minimum absolute atomic E-state index is 0.0273. The second kappa shape index (κ2) is 4.25. The third-order valence-electron chi connectivity index (χ3n) is 2.74. The van der Waals surface area contributed by atoms with Gasteiger partial charge in [-0.15, -0.1) is 5.10 Å². The largest absolute Gasteiger partial charge is 0.408 e. The molecule has 0 saturated carbocycles. The second-order valence-corrected chi connectivity index (χ2v) is 4.64. The van der Waals surface area contributed by atoms with Gasteiger partial charge in [-0.1, -0.05) is 4.49 Å². The number of rotatable bonds is 1. The Morgan fingerprint density at radius 3 is 2.76 bits per heavy atom. The van der Waals surface area contributed by atoms with E-state index in [4.69, 9.17) is 0 Å². The van der Waals surface area contributed by atoms with Crippen LogP contribution in [0.3, 0.4) is 0 Å². The van der Waals surface area contributed by atoms with Crippen molar-refractivity contribution >= 4 is 17.4 Å². The first-order chi connectivity index (χ1) is 7.91. The molecule has 2 heterocycles. The normalized spacial score (nSPS) is 20.9. The van der Waals surface area contributed by atoms with Gasteiger partial charge in [-0.05, 0) is 31.3 Å². The minimum Gasteiger partial charge on any atom is -0.326 e. The zero-order valence-electron chi connectivity index (χ0n) is 8.99. The Balaban J connectivity index is 2.23. The Morgan fingerprint density at radius 1 is 1.53 bits per heavy atom. The number of halogens is 3. The van der Waals surface area contributed by atoms with Crippen molar-refractivity contribution in [3.8, 4) is 0 Å². The highest BCUT2D eigenvalue weighted by Gasteiger charge is 2.48. The van der Waals surface area contributed by atoms with Gasteiger partial charge in [0.25, 0.3) is 5.91 Å². The molecule has 0 aliphatic carbocycles. The Hall–Kier alpha value is -1.18. The van der Waals surface area contributed by atoms with Crippen LogP contribution in [0, 0.1) is 6.92 Å². The van der Waals surface area contributed by atoms with E-state index < -0.39 is 18.1 Å². The average Bonchev–Trinajstić information content (AvgIpc) is 2.82. The number of carbonyl (C=O) groups excluding carboxylic acids is 1.